The Morgan fingerprint density at radius 2 is 1.79 bits per heavy atom. The fourth-order valence-electron chi connectivity index (χ4n) is 5.75. The van der Waals surface area contributed by atoms with Gasteiger partial charge in [-0.25, -0.2) is 4.98 Å². The molecular weight excluding hydrogens is 302 g/mol. The first-order valence-corrected chi connectivity index (χ1v) is 8.91. The third-order valence-electron chi connectivity index (χ3n) is 6.28. The first-order valence-electron chi connectivity index (χ1n) is 8.91. The minimum Gasteiger partial charge on any atom is -0.346 e. The molecule has 24 heavy (non-hydrogen) atoms. The molecule has 4 saturated carbocycles. The summed E-state index contributed by atoms with van der Waals surface area (Å²) in [4.78, 5) is 29.7. The van der Waals surface area contributed by atoms with Gasteiger partial charge in [0, 0.05) is 17.9 Å². The lowest BCUT2D eigenvalue weighted by molar-refractivity contribution is -0.0167. The summed E-state index contributed by atoms with van der Waals surface area (Å²) < 4.78 is 1.44. The van der Waals surface area contributed by atoms with Crippen LogP contribution in [-0.4, -0.2) is 20.8 Å². The molecule has 2 aromatic rings. The summed E-state index contributed by atoms with van der Waals surface area (Å²) >= 11 is 0. The Hall–Kier alpha value is -2.17. The predicted molar refractivity (Wildman–Crippen MR) is 89.8 cm³/mol. The van der Waals surface area contributed by atoms with Gasteiger partial charge in [-0.05, 0) is 68.4 Å². The third-order valence-corrected chi connectivity index (χ3v) is 6.28. The molecule has 124 valence electrons. The van der Waals surface area contributed by atoms with E-state index in [1.165, 1.54) is 29.9 Å². The summed E-state index contributed by atoms with van der Waals surface area (Å²) in [7, 11) is 0. The molecule has 5 heteroatoms. The lowest BCUT2D eigenvalue weighted by Crippen LogP contribution is -2.60. The molecule has 0 aromatic carbocycles. The van der Waals surface area contributed by atoms with E-state index >= 15 is 0 Å². The van der Waals surface area contributed by atoms with Crippen LogP contribution < -0.4 is 10.9 Å². The highest BCUT2D eigenvalue weighted by Gasteiger charge is 2.51. The lowest BCUT2D eigenvalue weighted by atomic mass is 9.53. The number of rotatable bonds is 2. The van der Waals surface area contributed by atoms with Crippen LogP contribution in [0.2, 0.25) is 0 Å². The van der Waals surface area contributed by atoms with Crippen LogP contribution >= 0.6 is 0 Å². The molecule has 0 spiro atoms. The maximum Gasteiger partial charge on any atom is 0.270 e. The highest BCUT2D eigenvalue weighted by atomic mass is 16.2. The number of nitrogens with zero attached hydrogens (tertiary/aromatic N) is 2. The second kappa shape index (κ2) is 4.91. The maximum absolute atomic E-state index is 12.8. The van der Waals surface area contributed by atoms with Crippen LogP contribution in [-0.2, 0) is 0 Å². The van der Waals surface area contributed by atoms with Crippen molar-refractivity contribution in [2.75, 3.05) is 0 Å². The number of nitrogens with one attached hydrogen (secondary N) is 1. The van der Waals surface area contributed by atoms with Crippen LogP contribution in [0.1, 0.15) is 48.9 Å². The Labute approximate surface area is 140 Å². The van der Waals surface area contributed by atoms with E-state index in [4.69, 9.17) is 0 Å². The number of amides is 1. The van der Waals surface area contributed by atoms with Crippen molar-refractivity contribution in [3.8, 4) is 0 Å². The Morgan fingerprint density at radius 1 is 1.12 bits per heavy atom. The normalized spacial score (nSPS) is 33.8. The van der Waals surface area contributed by atoms with Crippen LogP contribution in [0.4, 0.5) is 0 Å². The average Bonchev–Trinajstić information content (AvgIpc) is 2.53. The van der Waals surface area contributed by atoms with E-state index in [0.717, 1.165) is 37.0 Å². The Balaban J connectivity index is 1.47. The monoisotopic (exact) mass is 323 g/mol. The van der Waals surface area contributed by atoms with Crippen LogP contribution in [0.3, 0.4) is 0 Å². The van der Waals surface area contributed by atoms with Gasteiger partial charge in [-0.1, -0.05) is 6.07 Å². The highest BCUT2D eigenvalue weighted by molar-refractivity contribution is 5.94. The number of hydrogen-bond acceptors (Lipinski definition) is 3. The molecular formula is C19H21N3O2. The molecule has 2 aromatic heterocycles. The molecule has 0 atom stereocenters. The van der Waals surface area contributed by atoms with Crippen molar-refractivity contribution in [3.63, 3.8) is 0 Å². The molecule has 0 saturated heterocycles. The van der Waals surface area contributed by atoms with E-state index in [1.807, 2.05) is 6.07 Å². The lowest BCUT2D eigenvalue weighted by Gasteiger charge is -2.56. The summed E-state index contributed by atoms with van der Waals surface area (Å²) in [6, 6.07) is 5.37. The fraction of sp³-hybridized carbons (Fsp3) is 0.526. The summed E-state index contributed by atoms with van der Waals surface area (Å²) in [6.07, 6.45) is 10.3. The van der Waals surface area contributed by atoms with Gasteiger partial charge in [0.1, 0.15) is 11.2 Å². The number of fused-ring (bicyclic) bond motifs is 1. The van der Waals surface area contributed by atoms with E-state index in [0.29, 0.717) is 5.65 Å². The van der Waals surface area contributed by atoms with Gasteiger partial charge in [0.15, 0.2) is 0 Å². The first-order chi connectivity index (χ1) is 11.6. The van der Waals surface area contributed by atoms with Crippen LogP contribution in [0.15, 0.2) is 35.4 Å². The number of pyridine rings is 1. The van der Waals surface area contributed by atoms with Gasteiger partial charge in [0.2, 0.25) is 0 Å². The fourth-order valence-corrected chi connectivity index (χ4v) is 5.75. The largest absolute Gasteiger partial charge is 0.346 e. The molecule has 1 N–H and O–H groups in total. The van der Waals surface area contributed by atoms with Gasteiger partial charge in [-0.3, -0.25) is 14.0 Å². The van der Waals surface area contributed by atoms with Gasteiger partial charge in [0.25, 0.3) is 11.5 Å². The van der Waals surface area contributed by atoms with E-state index in [1.54, 1.807) is 18.3 Å². The van der Waals surface area contributed by atoms with Crippen LogP contribution in [0.25, 0.3) is 5.65 Å². The number of carbonyl (C=O) groups excluding carboxylic acids is 1. The van der Waals surface area contributed by atoms with E-state index in [9.17, 15) is 9.59 Å². The summed E-state index contributed by atoms with van der Waals surface area (Å²) in [6.45, 7) is 0. The molecule has 2 heterocycles. The van der Waals surface area contributed by atoms with Crippen molar-refractivity contribution >= 4 is 11.6 Å². The molecule has 4 bridgehead atoms. The summed E-state index contributed by atoms with van der Waals surface area (Å²) in [5, 5.41) is 3.25. The minimum absolute atomic E-state index is 0.0887. The molecule has 4 aliphatic rings. The second-order valence-corrected chi connectivity index (χ2v) is 8.06. The van der Waals surface area contributed by atoms with E-state index in [2.05, 4.69) is 10.3 Å². The molecule has 5 nitrogen and oxygen atoms in total. The highest BCUT2D eigenvalue weighted by Crippen LogP contribution is 2.55. The average molecular weight is 323 g/mol. The van der Waals surface area contributed by atoms with Crippen molar-refractivity contribution in [2.45, 2.75) is 44.1 Å². The third kappa shape index (κ3) is 2.10. The molecule has 4 fully saturated rings. The zero-order chi connectivity index (χ0) is 16.3. The van der Waals surface area contributed by atoms with Gasteiger partial charge in [-0.15, -0.1) is 0 Å². The zero-order valence-electron chi connectivity index (χ0n) is 13.6. The number of carbonyl (C=O) groups is 1. The predicted octanol–water partition coefficient (Wildman–Crippen LogP) is 2.39. The molecule has 0 unspecified atom stereocenters. The smallest absolute Gasteiger partial charge is 0.270 e. The summed E-state index contributed by atoms with van der Waals surface area (Å²) in [5.74, 6) is 2.01. The molecule has 6 rings (SSSR count). The summed E-state index contributed by atoms with van der Waals surface area (Å²) in [5.41, 5.74) is 0.334. The van der Waals surface area contributed by atoms with Crippen molar-refractivity contribution in [1.82, 2.24) is 14.7 Å². The van der Waals surface area contributed by atoms with E-state index in [-0.39, 0.29) is 22.6 Å². The second-order valence-electron chi connectivity index (χ2n) is 8.06. The van der Waals surface area contributed by atoms with Crippen LogP contribution in [0.5, 0.6) is 0 Å². The quantitative estimate of drug-likeness (QED) is 0.923. The van der Waals surface area contributed by atoms with Gasteiger partial charge >= 0.3 is 0 Å². The number of aromatic nitrogens is 2. The van der Waals surface area contributed by atoms with Crippen molar-refractivity contribution in [3.05, 3.63) is 46.5 Å². The van der Waals surface area contributed by atoms with Crippen LogP contribution in [0, 0.1) is 17.8 Å². The number of hydrogen-bond donors (Lipinski definition) is 1. The molecule has 4 aliphatic carbocycles. The van der Waals surface area contributed by atoms with Crippen molar-refractivity contribution in [2.24, 2.45) is 17.8 Å². The first kappa shape index (κ1) is 14.2. The van der Waals surface area contributed by atoms with Crippen molar-refractivity contribution < 1.29 is 4.79 Å². The Morgan fingerprint density at radius 3 is 2.46 bits per heavy atom. The Bertz CT molecular complexity index is 850. The Kier molecular flexibility index (Phi) is 2.91. The van der Waals surface area contributed by atoms with Gasteiger partial charge in [0.05, 0.1) is 0 Å². The molecule has 1 amide bonds. The van der Waals surface area contributed by atoms with Gasteiger partial charge < -0.3 is 5.32 Å². The SMILES string of the molecule is O=C(NC12CC3CC(CC(C3)C1)C2)c1cnc2ccccn2c1=O. The maximum atomic E-state index is 12.8. The minimum atomic E-state index is -0.289. The topological polar surface area (TPSA) is 63.5 Å². The van der Waals surface area contributed by atoms with Gasteiger partial charge in [-0.2, -0.15) is 0 Å². The molecule has 0 radical (unpaired) electrons. The standard InChI is InChI=1S/C19H21N3O2/c23-17(15-11-20-16-3-1-2-4-22(16)18(15)24)21-19-8-12-5-13(9-19)7-14(6-12)10-19/h1-4,11-14H,5-10H2,(H,21,23). The zero-order valence-corrected chi connectivity index (χ0v) is 13.6. The van der Waals surface area contributed by atoms with Crippen molar-refractivity contribution in [1.29, 1.82) is 0 Å². The molecule has 0 aliphatic heterocycles. The van der Waals surface area contributed by atoms with E-state index < -0.39 is 0 Å².